The molecule has 0 aromatic heterocycles. The number of carbonyl (C=O) groups excluding carboxylic acids is 2. The molecule has 0 spiro atoms. The minimum absolute atomic E-state index is 0.0244. The molecule has 0 aliphatic carbocycles. The van der Waals surface area contributed by atoms with Gasteiger partial charge in [0.05, 0.1) is 21.7 Å². The lowest BCUT2D eigenvalue weighted by Crippen LogP contribution is -2.14. The van der Waals surface area contributed by atoms with Crippen LogP contribution in [0.2, 0.25) is 0 Å². The van der Waals surface area contributed by atoms with Gasteiger partial charge in [0.2, 0.25) is 0 Å². The highest BCUT2D eigenvalue weighted by Crippen LogP contribution is 2.41. The van der Waals surface area contributed by atoms with E-state index >= 15 is 0 Å². The third-order valence-corrected chi connectivity index (χ3v) is 6.08. The van der Waals surface area contributed by atoms with Crippen molar-refractivity contribution in [2.75, 3.05) is 13.2 Å². The van der Waals surface area contributed by atoms with Gasteiger partial charge in [-0.3, -0.25) is 4.79 Å². The van der Waals surface area contributed by atoms with Crippen molar-refractivity contribution >= 4 is 57.3 Å². The number of esters is 1. The van der Waals surface area contributed by atoms with Crippen LogP contribution in [0.4, 0.5) is 0 Å². The molecular formula is C23H20INO6S. The average molecular weight is 565 g/mol. The van der Waals surface area contributed by atoms with Crippen LogP contribution in [0.25, 0.3) is 6.08 Å². The van der Waals surface area contributed by atoms with Crippen molar-refractivity contribution in [1.29, 1.82) is 0 Å². The molecule has 166 valence electrons. The maximum absolute atomic E-state index is 12.6. The van der Waals surface area contributed by atoms with Gasteiger partial charge < -0.3 is 19.7 Å². The predicted octanol–water partition coefficient (Wildman–Crippen LogP) is 5.10. The monoisotopic (exact) mass is 565 g/mol. The van der Waals surface area contributed by atoms with Gasteiger partial charge in [-0.1, -0.05) is 30.0 Å². The molecule has 1 amide bonds. The molecule has 7 nitrogen and oxygen atoms in total. The molecule has 1 heterocycles. The van der Waals surface area contributed by atoms with Crippen molar-refractivity contribution in [3.63, 3.8) is 0 Å². The van der Waals surface area contributed by atoms with Crippen molar-refractivity contribution in [3.8, 4) is 11.5 Å². The number of aliphatic hydroxyl groups is 1. The van der Waals surface area contributed by atoms with Crippen molar-refractivity contribution in [2.45, 2.75) is 13.8 Å². The maximum Gasteiger partial charge on any atom is 0.344 e. The van der Waals surface area contributed by atoms with Crippen LogP contribution in [0.3, 0.4) is 0 Å². The quantitative estimate of drug-likeness (QED) is 0.371. The van der Waals surface area contributed by atoms with Crippen LogP contribution in [-0.4, -0.2) is 40.3 Å². The van der Waals surface area contributed by atoms with Gasteiger partial charge in [0.15, 0.2) is 11.5 Å². The molecule has 2 aromatic rings. The van der Waals surface area contributed by atoms with Gasteiger partial charge in [0, 0.05) is 5.56 Å². The molecule has 0 saturated heterocycles. The second-order valence-electron chi connectivity index (χ2n) is 6.43. The fourth-order valence-corrected chi connectivity index (χ4v) is 4.46. The van der Waals surface area contributed by atoms with E-state index in [-0.39, 0.29) is 28.7 Å². The smallest absolute Gasteiger partial charge is 0.344 e. The third-order valence-electron chi connectivity index (χ3n) is 4.24. The van der Waals surface area contributed by atoms with Crippen molar-refractivity contribution in [2.24, 2.45) is 4.99 Å². The molecule has 9 heteroatoms. The fraction of sp³-hybridized carbons (Fsp3) is 0.174. The van der Waals surface area contributed by atoms with Crippen LogP contribution in [0.1, 0.15) is 29.8 Å². The number of thioether (sulfide) groups is 1. The van der Waals surface area contributed by atoms with Crippen LogP contribution >= 0.6 is 34.4 Å². The Labute approximate surface area is 203 Å². The molecule has 0 atom stereocenters. The summed E-state index contributed by atoms with van der Waals surface area (Å²) in [5.41, 5.74) is 0.824. The zero-order valence-corrected chi connectivity index (χ0v) is 20.3. The van der Waals surface area contributed by atoms with Gasteiger partial charge in [-0.05, 0) is 72.3 Å². The Morgan fingerprint density at radius 3 is 2.50 bits per heavy atom. The first-order valence-corrected chi connectivity index (χ1v) is 11.6. The number of ether oxygens (including phenoxy) is 2. The number of carbonyl (C=O) groups is 2. The molecule has 0 fully saturated rings. The Kier molecular flexibility index (Phi) is 7.97. The lowest BCUT2D eigenvalue weighted by atomic mass is 10.1. The first-order valence-electron chi connectivity index (χ1n) is 9.69. The lowest BCUT2D eigenvalue weighted by Gasteiger charge is -2.09. The molecule has 0 saturated carbocycles. The van der Waals surface area contributed by atoms with Gasteiger partial charge in [-0.2, -0.15) is 0 Å². The molecule has 0 unspecified atom stereocenters. The molecule has 32 heavy (non-hydrogen) atoms. The normalized spacial score (nSPS) is 16.0. The number of benzene rings is 2. The molecule has 3 rings (SSSR count). The number of aliphatic imine (C=N–C) groups is 1. The number of hydrogen-bond acceptors (Lipinski definition) is 7. The number of hydrogen-bond donors (Lipinski definition) is 2. The first kappa shape index (κ1) is 23.9. The van der Waals surface area contributed by atoms with Gasteiger partial charge in [-0.25, -0.2) is 9.79 Å². The van der Waals surface area contributed by atoms with E-state index in [1.807, 2.05) is 22.6 Å². The Balaban J connectivity index is 2.04. The Bertz CT molecular complexity index is 1140. The minimum atomic E-state index is -0.768. The summed E-state index contributed by atoms with van der Waals surface area (Å²) in [6.45, 7) is 3.92. The van der Waals surface area contributed by atoms with Crippen LogP contribution < -0.4 is 4.74 Å². The van der Waals surface area contributed by atoms with E-state index in [0.29, 0.717) is 32.0 Å². The van der Waals surface area contributed by atoms with Crippen LogP contribution in [0.15, 0.2) is 63.7 Å². The van der Waals surface area contributed by atoms with Gasteiger partial charge >= 0.3 is 5.97 Å². The number of phenols is 1. The summed E-state index contributed by atoms with van der Waals surface area (Å²) in [6, 6.07) is 11.8. The second kappa shape index (κ2) is 10.7. The number of aromatic hydroxyl groups is 1. The number of phenolic OH excluding ortho intramolecular Hbond substituents is 1. The SMILES string of the molecule is CCOC(=O)C1=C(O)/C(=C/c2cc(I)c(O)c(OCC)c2)SC1=NC(=O)c1ccccc1. The van der Waals surface area contributed by atoms with Crippen LogP contribution in [-0.2, 0) is 9.53 Å². The van der Waals surface area contributed by atoms with Gasteiger partial charge in [0.1, 0.15) is 16.4 Å². The highest BCUT2D eigenvalue weighted by Gasteiger charge is 2.34. The van der Waals surface area contributed by atoms with Gasteiger partial charge in [-0.15, -0.1) is 0 Å². The maximum atomic E-state index is 12.6. The van der Waals surface area contributed by atoms with Crippen LogP contribution in [0, 0.1) is 3.57 Å². The summed E-state index contributed by atoms with van der Waals surface area (Å²) in [6.07, 6.45) is 1.62. The predicted molar refractivity (Wildman–Crippen MR) is 132 cm³/mol. The number of nitrogens with zero attached hydrogens (tertiary/aromatic N) is 1. The van der Waals surface area contributed by atoms with E-state index in [9.17, 15) is 19.8 Å². The zero-order chi connectivity index (χ0) is 23.3. The van der Waals surface area contributed by atoms with E-state index in [1.54, 1.807) is 62.4 Å². The van der Waals surface area contributed by atoms with E-state index < -0.39 is 11.9 Å². The van der Waals surface area contributed by atoms with Crippen molar-refractivity contribution in [1.82, 2.24) is 0 Å². The Morgan fingerprint density at radius 2 is 1.84 bits per heavy atom. The summed E-state index contributed by atoms with van der Waals surface area (Å²) in [5, 5.41) is 21.0. The second-order valence-corrected chi connectivity index (χ2v) is 8.62. The average Bonchev–Trinajstić information content (AvgIpc) is 3.07. The molecule has 1 aliphatic heterocycles. The lowest BCUT2D eigenvalue weighted by molar-refractivity contribution is -0.138. The molecular weight excluding hydrogens is 545 g/mol. The summed E-state index contributed by atoms with van der Waals surface area (Å²) < 4.78 is 11.1. The van der Waals surface area contributed by atoms with E-state index in [2.05, 4.69) is 4.99 Å². The standard InChI is InChI=1S/C23H20INO6S/c1-3-30-16-11-13(10-15(24)19(16)26)12-17-20(27)18(23(29)31-4-2)22(32-17)25-21(28)14-8-6-5-7-9-14/h5-12,26-27H,3-4H2,1-2H3/b17-12-,25-22?. The van der Waals surface area contributed by atoms with Crippen molar-refractivity contribution in [3.05, 3.63) is 73.4 Å². The Morgan fingerprint density at radius 1 is 1.12 bits per heavy atom. The summed E-state index contributed by atoms with van der Waals surface area (Å²) >= 11 is 2.96. The number of amides is 1. The summed E-state index contributed by atoms with van der Waals surface area (Å²) in [4.78, 5) is 29.5. The van der Waals surface area contributed by atoms with E-state index in [0.717, 1.165) is 11.8 Å². The fourth-order valence-electron chi connectivity index (χ4n) is 2.82. The highest BCUT2D eigenvalue weighted by atomic mass is 127. The van der Waals surface area contributed by atoms with Gasteiger partial charge in [0.25, 0.3) is 5.91 Å². The molecule has 2 aromatic carbocycles. The van der Waals surface area contributed by atoms with E-state index in [4.69, 9.17) is 9.47 Å². The first-order chi connectivity index (χ1) is 15.3. The Hall–Kier alpha value is -2.79. The molecule has 0 bridgehead atoms. The van der Waals surface area contributed by atoms with Crippen LogP contribution in [0.5, 0.6) is 11.5 Å². The minimum Gasteiger partial charge on any atom is -0.506 e. The zero-order valence-electron chi connectivity index (χ0n) is 17.3. The largest absolute Gasteiger partial charge is 0.506 e. The van der Waals surface area contributed by atoms with Crippen molar-refractivity contribution < 1.29 is 29.3 Å². The van der Waals surface area contributed by atoms with E-state index in [1.165, 1.54) is 0 Å². The summed E-state index contributed by atoms with van der Waals surface area (Å²) in [5.74, 6) is -1.31. The number of rotatable bonds is 6. The highest BCUT2D eigenvalue weighted by molar-refractivity contribution is 14.1. The molecule has 0 radical (unpaired) electrons. The number of aliphatic hydroxyl groups excluding tert-OH is 1. The topological polar surface area (TPSA) is 105 Å². The molecule has 2 N–H and O–H groups in total. The molecule has 1 aliphatic rings. The number of halogens is 1. The summed E-state index contributed by atoms with van der Waals surface area (Å²) in [7, 11) is 0. The third kappa shape index (κ3) is 5.33.